The average Bonchev–Trinajstić information content (AvgIpc) is 2.81. The molecule has 0 bridgehead atoms. The average molecular weight is 269 g/mol. The van der Waals surface area contributed by atoms with E-state index in [0.29, 0.717) is 5.75 Å². The van der Waals surface area contributed by atoms with Crippen LogP contribution in [0.5, 0.6) is 11.5 Å². The number of rotatable bonds is 3. The maximum absolute atomic E-state index is 9.85. The number of ether oxygens (including phenoxy) is 1. The minimum Gasteiger partial charge on any atom is -0.504 e. The van der Waals surface area contributed by atoms with E-state index >= 15 is 0 Å². The van der Waals surface area contributed by atoms with E-state index in [0.717, 1.165) is 25.1 Å². The number of aromatic hydroxyl groups is 1. The number of hydrogen-bond donors (Lipinski definition) is 1. The summed E-state index contributed by atoms with van der Waals surface area (Å²) in [6, 6.07) is 12.2. The van der Waals surface area contributed by atoms with Crippen molar-refractivity contribution in [3.63, 3.8) is 0 Å². The van der Waals surface area contributed by atoms with Gasteiger partial charge in [-0.05, 0) is 42.7 Å². The minimum atomic E-state index is 0.202. The normalized spacial score (nSPS) is 13.4. The molecule has 3 rings (SSSR count). The van der Waals surface area contributed by atoms with E-state index in [1.54, 1.807) is 13.2 Å². The summed E-state index contributed by atoms with van der Waals surface area (Å²) in [5, 5.41) is 9.85. The monoisotopic (exact) mass is 269 g/mol. The van der Waals surface area contributed by atoms with Gasteiger partial charge in [0.15, 0.2) is 11.5 Å². The van der Waals surface area contributed by atoms with Crippen LogP contribution in [-0.2, 0) is 13.0 Å². The zero-order valence-corrected chi connectivity index (χ0v) is 11.9. The Kier molecular flexibility index (Phi) is 3.26. The highest BCUT2D eigenvalue weighted by Crippen LogP contribution is 2.32. The van der Waals surface area contributed by atoms with E-state index in [2.05, 4.69) is 30.0 Å². The molecule has 1 heterocycles. The third-order valence-electron chi connectivity index (χ3n) is 3.84. The first-order valence-electron chi connectivity index (χ1n) is 6.88. The predicted molar refractivity (Wildman–Crippen MR) is 80.6 cm³/mol. The summed E-state index contributed by atoms with van der Waals surface area (Å²) in [5.41, 5.74) is 5.14. The molecule has 20 heavy (non-hydrogen) atoms. The van der Waals surface area contributed by atoms with E-state index in [9.17, 15) is 5.11 Å². The van der Waals surface area contributed by atoms with Crippen molar-refractivity contribution in [3.8, 4) is 11.5 Å². The van der Waals surface area contributed by atoms with Gasteiger partial charge in [-0.15, -0.1) is 0 Å². The topological polar surface area (TPSA) is 32.7 Å². The number of nitrogens with zero attached hydrogens (tertiary/aromatic N) is 1. The Labute approximate surface area is 119 Å². The second kappa shape index (κ2) is 5.08. The van der Waals surface area contributed by atoms with Crippen LogP contribution in [0.1, 0.15) is 16.7 Å². The maximum atomic E-state index is 9.85. The van der Waals surface area contributed by atoms with Crippen LogP contribution in [0.15, 0.2) is 36.4 Å². The Morgan fingerprint density at radius 2 is 2.05 bits per heavy atom. The van der Waals surface area contributed by atoms with Crippen LogP contribution in [-0.4, -0.2) is 18.8 Å². The molecule has 3 heteroatoms. The van der Waals surface area contributed by atoms with Crippen LogP contribution >= 0.6 is 0 Å². The zero-order valence-electron chi connectivity index (χ0n) is 11.9. The molecule has 1 N–H and O–H groups in total. The summed E-state index contributed by atoms with van der Waals surface area (Å²) in [4.78, 5) is 2.36. The van der Waals surface area contributed by atoms with Gasteiger partial charge >= 0.3 is 0 Å². The second-order valence-electron chi connectivity index (χ2n) is 5.31. The lowest BCUT2D eigenvalue weighted by Gasteiger charge is -2.20. The summed E-state index contributed by atoms with van der Waals surface area (Å²) in [5.74, 6) is 0.722. The second-order valence-corrected chi connectivity index (χ2v) is 5.31. The molecule has 0 aliphatic carbocycles. The van der Waals surface area contributed by atoms with Crippen molar-refractivity contribution in [1.82, 2.24) is 0 Å². The van der Waals surface area contributed by atoms with Gasteiger partial charge < -0.3 is 14.7 Å². The number of benzene rings is 2. The fourth-order valence-corrected chi connectivity index (χ4v) is 2.82. The molecule has 0 atom stereocenters. The number of hydrogen-bond acceptors (Lipinski definition) is 3. The number of anilines is 1. The molecule has 104 valence electrons. The van der Waals surface area contributed by atoms with Crippen LogP contribution in [0, 0.1) is 6.92 Å². The Hall–Kier alpha value is -2.16. The first-order valence-corrected chi connectivity index (χ1v) is 6.88. The van der Waals surface area contributed by atoms with E-state index in [1.165, 1.54) is 16.8 Å². The Morgan fingerprint density at radius 3 is 2.80 bits per heavy atom. The number of aryl methyl sites for hydroxylation is 1. The molecule has 1 aliphatic heterocycles. The van der Waals surface area contributed by atoms with Crippen molar-refractivity contribution in [1.29, 1.82) is 0 Å². The standard InChI is InChI=1S/C17H19NO2/c1-12-3-5-15-14(9-12)7-8-18(15)11-13-4-6-17(20-2)16(19)10-13/h3-6,9-10,19H,7-8,11H2,1-2H3. The predicted octanol–water partition coefficient (Wildman–Crippen LogP) is 3.27. The van der Waals surface area contributed by atoms with E-state index in [1.807, 2.05) is 12.1 Å². The van der Waals surface area contributed by atoms with Crippen molar-refractivity contribution in [2.24, 2.45) is 0 Å². The molecule has 0 unspecified atom stereocenters. The molecule has 2 aromatic rings. The molecule has 0 spiro atoms. The number of phenolic OH excluding ortho intramolecular Hbond substituents is 1. The zero-order chi connectivity index (χ0) is 14.1. The van der Waals surface area contributed by atoms with Crippen molar-refractivity contribution in [3.05, 3.63) is 53.1 Å². The van der Waals surface area contributed by atoms with Crippen LogP contribution < -0.4 is 9.64 Å². The van der Waals surface area contributed by atoms with Gasteiger partial charge in [-0.3, -0.25) is 0 Å². The summed E-state index contributed by atoms with van der Waals surface area (Å²) in [6.07, 6.45) is 1.10. The Morgan fingerprint density at radius 1 is 1.20 bits per heavy atom. The first kappa shape index (κ1) is 12.9. The van der Waals surface area contributed by atoms with E-state index in [-0.39, 0.29) is 5.75 Å². The number of methoxy groups -OCH3 is 1. The molecule has 2 aromatic carbocycles. The van der Waals surface area contributed by atoms with Gasteiger partial charge in [0.25, 0.3) is 0 Å². The van der Waals surface area contributed by atoms with E-state index < -0.39 is 0 Å². The van der Waals surface area contributed by atoms with Gasteiger partial charge in [0, 0.05) is 18.8 Å². The lowest BCUT2D eigenvalue weighted by molar-refractivity contribution is 0.373. The smallest absolute Gasteiger partial charge is 0.160 e. The largest absolute Gasteiger partial charge is 0.504 e. The van der Waals surface area contributed by atoms with Gasteiger partial charge in [0.1, 0.15) is 0 Å². The quantitative estimate of drug-likeness (QED) is 0.928. The molecule has 3 nitrogen and oxygen atoms in total. The molecule has 0 saturated heterocycles. The van der Waals surface area contributed by atoms with Gasteiger partial charge in [-0.25, -0.2) is 0 Å². The van der Waals surface area contributed by atoms with Crippen LogP contribution in [0.2, 0.25) is 0 Å². The molecule has 0 amide bonds. The lowest BCUT2D eigenvalue weighted by Crippen LogP contribution is -2.19. The first-order chi connectivity index (χ1) is 9.67. The molecule has 0 saturated carbocycles. The molecule has 0 fully saturated rings. The SMILES string of the molecule is COc1ccc(CN2CCc3cc(C)ccc32)cc1O. The maximum Gasteiger partial charge on any atom is 0.160 e. The lowest BCUT2D eigenvalue weighted by atomic mass is 10.1. The Balaban J connectivity index is 1.82. The van der Waals surface area contributed by atoms with Crippen LogP contribution in [0.3, 0.4) is 0 Å². The minimum absolute atomic E-state index is 0.202. The third-order valence-corrected chi connectivity index (χ3v) is 3.84. The number of phenols is 1. The van der Waals surface area contributed by atoms with E-state index in [4.69, 9.17) is 4.74 Å². The van der Waals surface area contributed by atoms with Crippen molar-refractivity contribution in [2.75, 3.05) is 18.6 Å². The summed E-state index contributed by atoms with van der Waals surface area (Å²) < 4.78 is 5.08. The highest BCUT2D eigenvalue weighted by molar-refractivity contribution is 5.59. The molecule has 0 radical (unpaired) electrons. The molecular formula is C17H19NO2. The van der Waals surface area contributed by atoms with Crippen molar-refractivity contribution >= 4 is 5.69 Å². The van der Waals surface area contributed by atoms with Crippen molar-refractivity contribution in [2.45, 2.75) is 19.9 Å². The van der Waals surface area contributed by atoms with Crippen LogP contribution in [0.4, 0.5) is 5.69 Å². The fourth-order valence-electron chi connectivity index (χ4n) is 2.82. The summed E-state index contributed by atoms with van der Waals surface area (Å²) in [7, 11) is 1.56. The molecule has 1 aliphatic rings. The summed E-state index contributed by atoms with van der Waals surface area (Å²) in [6.45, 7) is 3.98. The third kappa shape index (κ3) is 2.31. The van der Waals surface area contributed by atoms with Crippen molar-refractivity contribution < 1.29 is 9.84 Å². The van der Waals surface area contributed by atoms with Gasteiger partial charge in [0.05, 0.1) is 7.11 Å². The van der Waals surface area contributed by atoms with Gasteiger partial charge in [-0.1, -0.05) is 23.8 Å². The van der Waals surface area contributed by atoms with Crippen LogP contribution in [0.25, 0.3) is 0 Å². The summed E-state index contributed by atoms with van der Waals surface area (Å²) >= 11 is 0. The highest BCUT2D eigenvalue weighted by atomic mass is 16.5. The molecular weight excluding hydrogens is 250 g/mol. The fraction of sp³-hybridized carbons (Fsp3) is 0.294. The van der Waals surface area contributed by atoms with Gasteiger partial charge in [0.2, 0.25) is 0 Å². The number of fused-ring (bicyclic) bond motifs is 1. The Bertz CT molecular complexity index is 637. The van der Waals surface area contributed by atoms with Gasteiger partial charge in [-0.2, -0.15) is 0 Å². The highest BCUT2D eigenvalue weighted by Gasteiger charge is 2.19. The molecule has 0 aromatic heterocycles.